The van der Waals surface area contributed by atoms with Gasteiger partial charge in [0.15, 0.2) is 0 Å². The number of nitro benzene ring substituents is 1. The second kappa shape index (κ2) is 15.1. The molecule has 0 bridgehead atoms. The summed E-state index contributed by atoms with van der Waals surface area (Å²) in [6.45, 7) is 20.2. The zero-order valence-corrected chi connectivity index (χ0v) is 28.9. The Hall–Kier alpha value is -3.00. The number of anilines is 2. The van der Waals surface area contributed by atoms with Crippen LogP contribution in [0, 0.1) is 58.3 Å². The van der Waals surface area contributed by atoms with E-state index in [1.807, 2.05) is 0 Å². The molecule has 8 nitrogen and oxygen atoms in total. The second-order valence-electron chi connectivity index (χ2n) is 10.5. The molecule has 1 unspecified atom stereocenters. The molecule has 232 valence electrons. The number of ether oxygens (including phenoxy) is 2. The number of nitro groups is 1. The summed E-state index contributed by atoms with van der Waals surface area (Å²) in [5, 5.41) is 10.7. The summed E-state index contributed by atoms with van der Waals surface area (Å²) in [5.74, 6) is -0.270. The summed E-state index contributed by atoms with van der Waals surface area (Å²) in [6.07, 6.45) is -0.847. The van der Waals surface area contributed by atoms with E-state index in [-0.39, 0.29) is 11.4 Å². The minimum Gasteiger partial charge on any atom is -0.339 e. The SMILES string of the molecule is COC(=O)C(C)Oc1ccc([N+](=O)[O-])cc1[CH]=[Ru]([Cl])[Cl].Cc1cc(C)c(N2[C]N(c3c(C)cc(C)cc3C)CC2)c(C)c1. The van der Waals surface area contributed by atoms with Gasteiger partial charge < -0.3 is 9.80 Å². The van der Waals surface area contributed by atoms with Crippen molar-refractivity contribution in [3.05, 3.63) is 98.2 Å². The summed E-state index contributed by atoms with van der Waals surface area (Å²) in [4.78, 5) is 26.1. The summed E-state index contributed by atoms with van der Waals surface area (Å²) >= 11 is -2.19. The van der Waals surface area contributed by atoms with Gasteiger partial charge in [-0.25, -0.2) is 0 Å². The third-order valence-electron chi connectivity index (χ3n) is 6.83. The van der Waals surface area contributed by atoms with Crippen molar-refractivity contribution in [2.24, 2.45) is 0 Å². The number of nitrogens with zero attached hydrogens (tertiary/aromatic N) is 3. The predicted molar refractivity (Wildman–Crippen MR) is 171 cm³/mol. The molecule has 4 rings (SSSR count). The zero-order valence-electron chi connectivity index (χ0n) is 25.6. The maximum Gasteiger partial charge on any atom is 0.208 e. The van der Waals surface area contributed by atoms with Crippen molar-refractivity contribution in [1.82, 2.24) is 0 Å². The van der Waals surface area contributed by atoms with Crippen LogP contribution in [0.2, 0.25) is 0 Å². The first-order valence-electron chi connectivity index (χ1n) is 13.5. The third-order valence-corrected chi connectivity index (χ3v) is 8.66. The summed E-state index contributed by atoms with van der Waals surface area (Å²) in [5.41, 5.74) is 10.8. The molecule has 1 aliphatic heterocycles. The molecule has 0 saturated carbocycles. The number of methoxy groups -OCH3 is 1. The topological polar surface area (TPSA) is 85.1 Å². The first-order valence-corrected chi connectivity index (χ1v) is 19.0. The molecule has 0 spiro atoms. The number of esters is 1. The summed E-state index contributed by atoms with van der Waals surface area (Å²) < 4.78 is 11.5. The Kier molecular flexibility index (Phi) is 12.1. The molecule has 0 amide bonds. The number of benzene rings is 3. The molecule has 1 saturated heterocycles. The average molecular weight is 716 g/mol. The fourth-order valence-electron chi connectivity index (χ4n) is 5.29. The van der Waals surface area contributed by atoms with Crippen LogP contribution in [0.15, 0.2) is 42.5 Å². The second-order valence-corrected chi connectivity index (χ2v) is 16.2. The number of aryl methyl sites for hydroxylation is 6. The average Bonchev–Trinajstić information content (AvgIpc) is 3.36. The van der Waals surface area contributed by atoms with Crippen molar-refractivity contribution in [1.29, 1.82) is 0 Å². The van der Waals surface area contributed by atoms with Gasteiger partial charge in [0.2, 0.25) is 6.67 Å². The van der Waals surface area contributed by atoms with Gasteiger partial charge in [-0.2, -0.15) is 0 Å². The smallest absolute Gasteiger partial charge is 0.208 e. The van der Waals surface area contributed by atoms with E-state index in [0.717, 1.165) is 13.1 Å². The maximum absolute atomic E-state index is 11.3. The number of carbonyl (C=O) groups is 1. The Labute approximate surface area is 267 Å². The Morgan fingerprint density at radius 3 is 1.79 bits per heavy atom. The molecule has 0 aromatic heterocycles. The monoisotopic (exact) mass is 715 g/mol. The van der Waals surface area contributed by atoms with Gasteiger partial charge in [0.25, 0.3) is 0 Å². The van der Waals surface area contributed by atoms with Crippen molar-refractivity contribution in [2.75, 3.05) is 30.0 Å². The molecule has 0 aliphatic carbocycles. The van der Waals surface area contributed by atoms with Crippen LogP contribution < -0.4 is 14.5 Å². The van der Waals surface area contributed by atoms with Crippen LogP contribution in [0.5, 0.6) is 5.75 Å². The fraction of sp³-hybridized carbons (Fsp3) is 0.344. The van der Waals surface area contributed by atoms with Gasteiger partial charge in [-0.1, -0.05) is 35.4 Å². The van der Waals surface area contributed by atoms with E-state index in [0.29, 0.717) is 5.56 Å². The third kappa shape index (κ3) is 9.01. The number of hydrogen-bond donors (Lipinski definition) is 0. The number of hydrogen-bond acceptors (Lipinski definition) is 7. The van der Waals surface area contributed by atoms with E-state index in [9.17, 15) is 14.9 Å². The van der Waals surface area contributed by atoms with E-state index in [1.54, 1.807) is 0 Å². The molecule has 1 fully saturated rings. The van der Waals surface area contributed by atoms with Crippen molar-refractivity contribution in [3.63, 3.8) is 0 Å². The molecular formula is C32H37Cl2N3O5Ru. The van der Waals surface area contributed by atoms with Crippen LogP contribution in [0.1, 0.15) is 45.9 Å². The Morgan fingerprint density at radius 2 is 1.40 bits per heavy atom. The van der Waals surface area contributed by atoms with Crippen LogP contribution in [0.4, 0.5) is 17.1 Å². The Morgan fingerprint density at radius 1 is 0.930 bits per heavy atom. The number of halogens is 2. The molecule has 11 heteroatoms. The van der Waals surface area contributed by atoms with Crippen LogP contribution in [0.25, 0.3) is 0 Å². The molecule has 1 heterocycles. The van der Waals surface area contributed by atoms with Gasteiger partial charge in [-0.3, -0.25) is 0 Å². The molecule has 43 heavy (non-hydrogen) atoms. The molecule has 1 atom stereocenters. The van der Waals surface area contributed by atoms with Gasteiger partial charge in [-0.15, -0.1) is 0 Å². The van der Waals surface area contributed by atoms with Gasteiger partial charge in [0.05, 0.1) is 0 Å². The van der Waals surface area contributed by atoms with Crippen molar-refractivity contribution >= 4 is 47.0 Å². The first-order chi connectivity index (χ1) is 20.2. The van der Waals surface area contributed by atoms with Gasteiger partial charge in [-0.05, 0) is 63.8 Å². The largest absolute Gasteiger partial charge is 0.339 e. The summed E-state index contributed by atoms with van der Waals surface area (Å²) in [7, 11) is 12.8. The predicted octanol–water partition coefficient (Wildman–Crippen LogP) is 7.47. The van der Waals surface area contributed by atoms with Crippen LogP contribution in [-0.4, -0.2) is 41.8 Å². The Bertz CT molecular complexity index is 1430. The quantitative estimate of drug-likeness (QED) is 0.109. The molecule has 3 aromatic rings. The standard InChI is InChI=1S/C21H26N2.C11H11NO5.2ClH.Ru/c1-14-9-16(3)20(17(4)10-14)22-7-8-23(13-22)21-18(5)11-15(2)12-19(21)6;1-7-6-9(12(14)15)4-5-10(7)17-8(2)11(13)16-3;;;/h9-12H,7-8H2,1-6H3;1,4-6,8H,2-3H3;2*1H;/q;;;;+2/p-2. The van der Waals surface area contributed by atoms with Crippen LogP contribution >= 0.6 is 19.4 Å². The van der Waals surface area contributed by atoms with E-state index < -0.39 is 30.5 Å². The normalized spacial score (nSPS) is 13.6. The molecular weight excluding hydrogens is 678 g/mol. The fourth-order valence-corrected chi connectivity index (χ4v) is 7.07. The van der Waals surface area contributed by atoms with Crippen LogP contribution in [0.3, 0.4) is 0 Å². The van der Waals surface area contributed by atoms with E-state index in [2.05, 4.69) is 87.0 Å². The first kappa shape index (κ1) is 34.5. The van der Waals surface area contributed by atoms with Crippen molar-refractivity contribution in [2.45, 2.75) is 54.6 Å². The van der Waals surface area contributed by atoms with Gasteiger partial charge in [0, 0.05) is 24.5 Å². The van der Waals surface area contributed by atoms with E-state index in [4.69, 9.17) is 24.1 Å². The van der Waals surface area contributed by atoms with Gasteiger partial charge >= 0.3 is 128 Å². The minimum atomic E-state index is -2.19. The Balaban J connectivity index is 0.000000238. The van der Waals surface area contributed by atoms with E-state index >= 15 is 0 Å². The van der Waals surface area contributed by atoms with Crippen LogP contribution in [-0.2, 0) is 23.0 Å². The zero-order chi connectivity index (χ0) is 32.0. The minimum absolute atomic E-state index is 0.113. The molecule has 3 aromatic carbocycles. The number of rotatable bonds is 7. The molecule has 2 radical (unpaired) electrons. The molecule has 1 aliphatic rings. The van der Waals surface area contributed by atoms with Crippen molar-refractivity contribution in [3.8, 4) is 5.75 Å². The van der Waals surface area contributed by atoms with Crippen molar-refractivity contribution < 1.29 is 32.7 Å². The maximum atomic E-state index is 11.3. The summed E-state index contributed by atoms with van der Waals surface area (Å²) in [6, 6.07) is 13.0. The molecule has 0 N–H and O–H groups in total. The van der Waals surface area contributed by atoms with Gasteiger partial charge in [0.1, 0.15) is 0 Å². The number of carbonyl (C=O) groups excluding carboxylic acids is 1. The number of non-ortho nitro benzene ring substituents is 1. The van der Waals surface area contributed by atoms with E-state index in [1.165, 1.54) is 81.6 Å².